The number of rotatable bonds is 6. The zero-order chi connectivity index (χ0) is 16.8. The summed E-state index contributed by atoms with van der Waals surface area (Å²) in [6, 6.07) is 12.7. The zero-order valence-corrected chi connectivity index (χ0v) is 13.2. The Hall–Kier alpha value is -2.60. The molecule has 2 aromatic carbocycles. The number of carbonyl (C=O) groups excluding carboxylic acids is 1. The quantitative estimate of drug-likeness (QED) is 0.599. The summed E-state index contributed by atoms with van der Waals surface area (Å²) in [5, 5.41) is 11.6. The van der Waals surface area contributed by atoms with E-state index in [4.69, 9.17) is 16.3 Å². The number of hydrogen-bond donors (Lipinski definition) is 0. The van der Waals surface area contributed by atoms with Gasteiger partial charge in [-0.1, -0.05) is 23.7 Å². The predicted molar refractivity (Wildman–Crippen MR) is 87.0 cm³/mol. The van der Waals surface area contributed by atoms with Crippen molar-refractivity contribution in [1.82, 2.24) is 4.90 Å². The third kappa shape index (κ3) is 4.43. The summed E-state index contributed by atoms with van der Waals surface area (Å²) >= 11 is 5.78. The molecule has 0 unspecified atom stereocenters. The summed E-state index contributed by atoms with van der Waals surface area (Å²) in [6.07, 6.45) is 0. The maximum Gasteiger partial charge on any atom is 0.282 e. The van der Waals surface area contributed by atoms with Gasteiger partial charge in [-0.3, -0.25) is 14.9 Å². The van der Waals surface area contributed by atoms with Crippen molar-refractivity contribution in [3.63, 3.8) is 0 Å². The second-order valence-corrected chi connectivity index (χ2v) is 5.24. The summed E-state index contributed by atoms with van der Waals surface area (Å²) in [4.78, 5) is 24.1. The van der Waals surface area contributed by atoms with E-state index < -0.39 is 10.8 Å². The number of nitrogens with zero attached hydrogens (tertiary/aromatic N) is 2. The molecule has 1 amide bonds. The van der Waals surface area contributed by atoms with E-state index in [9.17, 15) is 14.9 Å². The Morgan fingerprint density at radius 2 is 1.87 bits per heavy atom. The first-order valence-corrected chi connectivity index (χ1v) is 7.24. The second kappa shape index (κ2) is 7.60. The van der Waals surface area contributed by atoms with Gasteiger partial charge < -0.3 is 9.64 Å². The van der Waals surface area contributed by atoms with Crippen LogP contribution in [0, 0.1) is 10.1 Å². The van der Waals surface area contributed by atoms with Crippen molar-refractivity contribution in [1.29, 1.82) is 0 Å². The maximum atomic E-state index is 12.3. The molecule has 0 spiro atoms. The number of halogens is 1. The Balaban J connectivity index is 1.95. The second-order valence-electron chi connectivity index (χ2n) is 4.80. The van der Waals surface area contributed by atoms with Gasteiger partial charge >= 0.3 is 0 Å². The van der Waals surface area contributed by atoms with E-state index in [-0.39, 0.29) is 17.9 Å². The van der Waals surface area contributed by atoms with Gasteiger partial charge in [-0.15, -0.1) is 0 Å². The lowest BCUT2D eigenvalue weighted by Gasteiger charge is -2.17. The van der Waals surface area contributed by atoms with E-state index in [2.05, 4.69) is 0 Å². The Bertz CT molecular complexity index is 703. The van der Waals surface area contributed by atoms with Gasteiger partial charge in [-0.2, -0.15) is 0 Å². The molecule has 0 atom stereocenters. The SMILES string of the molecule is CN(CCOc1ccc(Cl)cc1)C(=O)c1ccccc1[N+](=O)[O-]. The average molecular weight is 335 g/mol. The largest absolute Gasteiger partial charge is 0.492 e. The first-order chi connectivity index (χ1) is 11.0. The number of nitro groups is 1. The smallest absolute Gasteiger partial charge is 0.282 e. The topological polar surface area (TPSA) is 72.7 Å². The molecule has 0 N–H and O–H groups in total. The molecule has 0 saturated carbocycles. The van der Waals surface area contributed by atoms with E-state index in [0.29, 0.717) is 17.3 Å². The first kappa shape index (κ1) is 16.8. The Morgan fingerprint density at radius 1 is 1.22 bits per heavy atom. The fraction of sp³-hybridized carbons (Fsp3) is 0.188. The summed E-state index contributed by atoms with van der Waals surface area (Å²) in [5.41, 5.74) is -0.144. The molecule has 2 rings (SSSR count). The summed E-state index contributed by atoms with van der Waals surface area (Å²) < 4.78 is 5.51. The zero-order valence-electron chi connectivity index (χ0n) is 12.4. The highest BCUT2D eigenvalue weighted by Gasteiger charge is 2.21. The molecular formula is C16H15ClN2O4. The maximum absolute atomic E-state index is 12.3. The van der Waals surface area contributed by atoms with Crippen molar-refractivity contribution in [2.45, 2.75) is 0 Å². The van der Waals surface area contributed by atoms with Gasteiger partial charge in [0.2, 0.25) is 0 Å². The molecule has 0 aromatic heterocycles. The molecule has 2 aromatic rings. The van der Waals surface area contributed by atoms with Crippen LogP contribution in [0.1, 0.15) is 10.4 Å². The van der Waals surface area contributed by atoms with Crippen LogP contribution < -0.4 is 4.74 Å². The summed E-state index contributed by atoms with van der Waals surface area (Å²) in [7, 11) is 1.57. The first-order valence-electron chi connectivity index (χ1n) is 6.86. The molecule has 0 radical (unpaired) electrons. The Labute approximate surface area is 138 Å². The van der Waals surface area contributed by atoms with Crippen LogP contribution in [0.5, 0.6) is 5.75 Å². The molecule has 0 fully saturated rings. The fourth-order valence-electron chi connectivity index (χ4n) is 1.95. The molecule has 23 heavy (non-hydrogen) atoms. The van der Waals surface area contributed by atoms with Gasteiger partial charge in [0.15, 0.2) is 0 Å². The lowest BCUT2D eigenvalue weighted by Crippen LogP contribution is -2.31. The third-order valence-corrected chi connectivity index (χ3v) is 3.44. The van der Waals surface area contributed by atoms with Gasteiger partial charge in [-0.05, 0) is 30.3 Å². The standard InChI is InChI=1S/C16H15ClN2O4/c1-18(10-11-23-13-8-6-12(17)7-9-13)16(20)14-4-2-3-5-15(14)19(21)22/h2-9H,10-11H2,1H3. The van der Waals surface area contributed by atoms with Crippen LogP contribution in [0.15, 0.2) is 48.5 Å². The van der Waals surface area contributed by atoms with Crippen molar-refractivity contribution in [3.05, 3.63) is 69.2 Å². The number of carbonyl (C=O) groups is 1. The molecule has 7 heteroatoms. The van der Waals surface area contributed by atoms with Crippen LogP contribution in [0.3, 0.4) is 0 Å². The van der Waals surface area contributed by atoms with Crippen molar-refractivity contribution in [2.24, 2.45) is 0 Å². The van der Waals surface area contributed by atoms with E-state index >= 15 is 0 Å². The average Bonchev–Trinajstić information content (AvgIpc) is 2.55. The number of nitro benzene ring substituents is 1. The number of hydrogen-bond acceptors (Lipinski definition) is 4. The molecule has 0 bridgehead atoms. The molecule has 0 aliphatic heterocycles. The lowest BCUT2D eigenvalue weighted by atomic mass is 10.1. The summed E-state index contributed by atoms with van der Waals surface area (Å²) in [5.74, 6) is 0.220. The Morgan fingerprint density at radius 3 is 2.52 bits per heavy atom. The summed E-state index contributed by atoms with van der Waals surface area (Å²) in [6.45, 7) is 0.567. The minimum atomic E-state index is -0.564. The number of amides is 1. The van der Waals surface area contributed by atoms with Crippen LogP contribution >= 0.6 is 11.6 Å². The highest BCUT2D eigenvalue weighted by Crippen LogP contribution is 2.19. The van der Waals surface area contributed by atoms with Crippen LogP contribution in [0.25, 0.3) is 0 Å². The van der Waals surface area contributed by atoms with E-state index in [0.717, 1.165) is 0 Å². The van der Waals surface area contributed by atoms with Crippen molar-refractivity contribution >= 4 is 23.2 Å². The third-order valence-electron chi connectivity index (χ3n) is 3.19. The fourth-order valence-corrected chi connectivity index (χ4v) is 2.08. The van der Waals surface area contributed by atoms with Crippen LogP contribution in [0.2, 0.25) is 5.02 Å². The highest BCUT2D eigenvalue weighted by atomic mass is 35.5. The van der Waals surface area contributed by atoms with Gasteiger partial charge in [0.1, 0.15) is 17.9 Å². The molecule has 6 nitrogen and oxygen atoms in total. The van der Waals surface area contributed by atoms with Crippen molar-refractivity contribution < 1.29 is 14.5 Å². The van der Waals surface area contributed by atoms with Crippen molar-refractivity contribution in [3.8, 4) is 5.75 Å². The Kier molecular flexibility index (Phi) is 5.54. The minimum Gasteiger partial charge on any atom is -0.492 e. The van der Waals surface area contributed by atoms with Crippen LogP contribution in [0.4, 0.5) is 5.69 Å². The van der Waals surface area contributed by atoms with E-state index in [1.54, 1.807) is 37.4 Å². The van der Waals surface area contributed by atoms with Crippen LogP contribution in [-0.4, -0.2) is 35.9 Å². The van der Waals surface area contributed by atoms with Crippen LogP contribution in [-0.2, 0) is 0 Å². The van der Waals surface area contributed by atoms with E-state index in [1.807, 2.05) is 0 Å². The monoisotopic (exact) mass is 334 g/mol. The normalized spacial score (nSPS) is 10.2. The molecule has 120 valence electrons. The van der Waals surface area contributed by atoms with Crippen molar-refractivity contribution in [2.75, 3.05) is 20.2 Å². The highest BCUT2D eigenvalue weighted by molar-refractivity contribution is 6.30. The molecule has 0 heterocycles. The minimum absolute atomic E-state index is 0.0616. The van der Waals surface area contributed by atoms with E-state index in [1.165, 1.54) is 23.1 Å². The molecular weight excluding hydrogens is 320 g/mol. The predicted octanol–water partition coefficient (Wildman–Crippen LogP) is 3.40. The molecule has 0 saturated heterocycles. The number of para-hydroxylation sites is 1. The van der Waals surface area contributed by atoms with Gasteiger partial charge in [-0.25, -0.2) is 0 Å². The molecule has 0 aliphatic rings. The van der Waals surface area contributed by atoms with Gasteiger partial charge in [0, 0.05) is 18.1 Å². The number of ether oxygens (including phenoxy) is 1. The number of likely N-dealkylation sites (N-methyl/N-ethyl adjacent to an activating group) is 1. The number of benzene rings is 2. The van der Waals surface area contributed by atoms with Gasteiger partial charge in [0.25, 0.3) is 11.6 Å². The lowest BCUT2D eigenvalue weighted by molar-refractivity contribution is -0.385. The van der Waals surface area contributed by atoms with Gasteiger partial charge in [0.05, 0.1) is 11.5 Å². The molecule has 0 aliphatic carbocycles.